The van der Waals surface area contributed by atoms with Gasteiger partial charge in [-0.3, -0.25) is 0 Å². The van der Waals surface area contributed by atoms with E-state index in [-0.39, 0.29) is 103 Å². The topological polar surface area (TPSA) is 80.3 Å². The van der Waals surface area contributed by atoms with Gasteiger partial charge >= 0.3 is 103 Å². The van der Waals surface area contributed by atoms with Crippen molar-refractivity contribution < 1.29 is 123 Å². The molecule has 0 heterocycles. The van der Waals surface area contributed by atoms with Crippen LogP contribution in [0, 0.1) is 11.3 Å². The summed E-state index contributed by atoms with van der Waals surface area (Å²) in [7, 11) is 0. The van der Waals surface area contributed by atoms with E-state index in [1.807, 2.05) is 6.92 Å². The van der Waals surface area contributed by atoms with E-state index in [1.54, 1.807) is 6.92 Å². The van der Waals surface area contributed by atoms with Gasteiger partial charge in [0.1, 0.15) is 0 Å². The van der Waals surface area contributed by atoms with Crippen molar-refractivity contribution in [2.24, 2.45) is 11.3 Å². The molecule has 0 aliphatic heterocycles. The van der Waals surface area contributed by atoms with Gasteiger partial charge in [0.25, 0.3) is 0 Å². The van der Waals surface area contributed by atoms with Gasteiger partial charge in [-0.2, -0.15) is 0 Å². The molecule has 0 fully saturated rings. The van der Waals surface area contributed by atoms with Gasteiger partial charge in [0.2, 0.25) is 0 Å². The van der Waals surface area contributed by atoms with Crippen molar-refractivity contribution in [1.82, 2.24) is 0 Å². The molecule has 1 unspecified atom stereocenters. The van der Waals surface area contributed by atoms with Gasteiger partial charge in [-0.1, -0.05) is 33.1 Å². The number of carbonyl (C=O) groups excluding carboxylic acids is 2. The summed E-state index contributed by atoms with van der Waals surface area (Å²) in [6, 6.07) is 0. The number of aliphatic carboxylic acids is 2. The Hall–Kier alpha value is 2.21. The summed E-state index contributed by atoms with van der Waals surface area (Å²) in [6.07, 6.45) is 3.38. The molecule has 0 bridgehead atoms. The predicted molar refractivity (Wildman–Crippen MR) is 51.4 cm³/mol. The minimum Gasteiger partial charge on any atom is -0.549 e. The molecule has 0 radical (unpaired) electrons. The predicted octanol–water partition coefficient (Wildman–Crippen LogP) is -6.28. The zero-order valence-corrected chi connectivity index (χ0v) is 17.8. The first kappa shape index (κ1) is 24.2. The Labute approximate surface area is 188 Å². The molecule has 0 saturated heterocycles. The van der Waals surface area contributed by atoms with Crippen LogP contribution < -0.4 is 113 Å². The van der Waals surface area contributed by atoms with Gasteiger partial charge in [-0.25, -0.2) is 0 Å². The minimum absolute atomic E-state index is 0. The van der Waals surface area contributed by atoms with Gasteiger partial charge in [0, 0.05) is 5.41 Å². The van der Waals surface area contributed by atoms with E-state index in [0.717, 1.165) is 26.2 Å². The summed E-state index contributed by atoms with van der Waals surface area (Å²) in [6.45, 7) is 4.80. The van der Waals surface area contributed by atoms with E-state index in [0.29, 0.717) is 6.42 Å². The van der Waals surface area contributed by atoms with Gasteiger partial charge in [-0.05, 0) is 19.3 Å². The van der Waals surface area contributed by atoms with Crippen LogP contribution in [-0.4, -0.2) is 11.9 Å². The van der Waals surface area contributed by atoms with E-state index in [1.165, 1.54) is 0 Å². The molecule has 0 saturated carbocycles. The minimum atomic E-state index is -1.88. The fourth-order valence-corrected chi connectivity index (χ4v) is 1.47. The number of carboxylic acid groups (broad SMARTS) is 2. The normalized spacial score (nSPS) is 11.9. The number of rotatable bonds is 7. The van der Waals surface area contributed by atoms with Gasteiger partial charge < -0.3 is 19.8 Å². The summed E-state index contributed by atoms with van der Waals surface area (Å²) >= 11 is 0. The zero-order valence-electron chi connectivity index (χ0n) is 11.5. The fourth-order valence-electron chi connectivity index (χ4n) is 1.47. The third-order valence-corrected chi connectivity index (χ3v) is 3.07. The number of hydrogen-bond donors (Lipinski definition) is 0. The quantitative estimate of drug-likeness (QED) is 0.266. The Morgan fingerprint density at radius 3 is 1.82 bits per heavy atom. The monoisotopic (exact) mass is 292 g/mol. The molecule has 1 atom stereocenters. The molecule has 0 rings (SSSR count). The largest absolute Gasteiger partial charge is 1.00 e. The molecule has 0 spiro atoms. The third kappa shape index (κ3) is 7.53. The summed E-state index contributed by atoms with van der Waals surface area (Å²) in [5.74, 6) is -3.60. The van der Waals surface area contributed by atoms with E-state index in [2.05, 4.69) is 0 Å². The summed E-state index contributed by atoms with van der Waals surface area (Å²) in [5.41, 5.74) is -1.88. The van der Waals surface area contributed by atoms with E-state index in [9.17, 15) is 19.8 Å². The van der Waals surface area contributed by atoms with Crippen molar-refractivity contribution in [3.8, 4) is 0 Å². The molecule has 0 aromatic heterocycles. The average Bonchev–Trinajstić information content (AvgIpc) is 2.15. The first-order valence-electron chi connectivity index (χ1n) is 5.30. The molecule has 0 N–H and O–H groups in total. The molecule has 0 aliphatic rings. The standard InChI is InChI=1S/C11H20O4.2K/c1-4-5-6-7-8(2)11(3,9(12)13)10(14)15;;/h8H,4-7H2,1-3H3,(H,12,13)(H,14,15);;/q;2*+1/p-2. The van der Waals surface area contributed by atoms with Crippen molar-refractivity contribution in [2.45, 2.75) is 46.5 Å². The van der Waals surface area contributed by atoms with Crippen molar-refractivity contribution in [2.75, 3.05) is 0 Å². The molecule has 0 aromatic carbocycles. The molecule has 0 aromatic rings. The van der Waals surface area contributed by atoms with Crippen LogP contribution in [0.5, 0.6) is 0 Å². The van der Waals surface area contributed by atoms with Crippen molar-refractivity contribution in [3.63, 3.8) is 0 Å². The molecule has 88 valence electrons. The summed E-state index contributed by atoms with van der Waals surface area (Å²) in [5, 5.41) is 21.6. The molecular weight excluding hydrogens is 274 g/mol. The Balaban J connectivity index is -0.000000980. The smallest absolute Gasteiger partial charge is 0.549 e. The van der Waals surface area contributed by atoms with Crippen LogP contribution in [0.25, 0.3) is 0 Å². The van der Waals surface area contributed by atoms with Gasteiger partial charge in [0.15, 0.2) is 0 Å². The Morgan fingerprint density at radius 1 is 1.12 bits per heavy atom. The first-order valence-corrected chi connectivity index (χ1v) is 5.30. The van der Waals surface area contributed by atoms with Gasteiger partial charge in [0.05, 0.1) is 11.9 Å². The maximum Gasteiger partial charge on any atom is 1.00 e. The van der Waals surface area contributed by atoms with Crippen molar-refractivity contribution in [1.29, 1.82) is 0 Å². The first-order chi connectivity index (χ1) is 6.87. The second kappa shape index (κ2) is 12.0. The average molecular weight is 292 g/mol. The number of unbranched alkanes of at least 4 members (excludes halogenated alkanes) is 2. The van der Waals surface area contributed by atoms with Crippen LogP contribution in [-0.2, 0) is 9.59 Å². The second-order valence-corrected chi connectivity index (χ2v) is 4.17. The molecule has 0 amide bonds. The van der Waals surface area contributed by atoms with Crippen LogP contribution in [0.2, 0.25) is 0 Å². The fraction of sp³-hybridized carbons (Fsp3) is 0.818. The third-order valence-electron chi connectivity index (χ3n) is 3.07. The molecule has 17 heavy (non-hydrogen) atoms. The second-order valence-electron chi connectivity index (χ2n) is 4.17. The van der Waals surface area contributed by atoms with Crippen LogP contribution in [0.4, 0.5) is 0 Å². The molecule has 4 nitrogen and oxygen atoms in total. The maximum absolute atomic E-state index is 10.8. The Bertz CT molecular complexity index is 230. The Kier molecular flexibility index (Phi) is 17.1. The maximum atomic E-state index is 10.8. The van der Waals surface area contributed by atoms with Crippen molar-refractivity contribution in [3.05, 3.63) is 0 Å². The van der Waals surface area contributed by atoms with Gasteiger partial charge in [-0.15, -0.1) is 0 Å². The van der Waals surface area contributed by atoms with E-state index in [4.69, 9.17) is 0 Å². The van der Waals surface area contributed by atoms with Crippen molar-refractivity contribution >= 4 is 11.9 Å². The summed E-state index contributed by atoms with van der Waals surface area (Å²) < 4.78 is 0. The Morgan fingerprint density at radius 2 is 1.53 bits per heavy atom. The van der Waals surface area contributed by atoms with Crippen LogP contribution in [0.3, 0.4) is 0 Å². The molecular formula is C11H18K2O4. The number of carboxylic acids is 2. The van der Waals surface area contributed by atoms with Crippen LogP contribution in [0.1, 0.15) is 46.5 Å². The van der Waals surface area contributed by atoms with E-state index >= 15 is 0 Å². The SMILES string of the molecule is CCCCCC(C)C(C)(C(=O)[O-])C(=O)[O-].[K+].[K+]. The zero-order chi connectivity index (χ0) is 12.1. The molecule has 0 aliphatic carbocycles. The number of carbonyl (C=O) groups is 2. The molecule has 6 heteroatoms. The number of hydrogen-bond acceptors (Lipinski definition) is 4. The van der Waals surface area contributed by atoms with Crippen LogP contribution >= 0.6 is 0 Å². The summed E-state index contributed by atoms with van der Waals surface area (Å²) in [4.78, 5) is 21.6. The van der Waals surface area contributed by atoms with E-state index < -0.39 is 23.3 Å². The van der Waals surface area contributed by atoms with Crippen LogP contribution in [0.15, 0.2) is 0 Å².